The second-order valence-electron chi connectivity index (χ2n) is 8.68. The molecule has 2 aliphatic rings. The van der Waals surface area contributed by atoms with Crippen LogP contribution in [0.3, 0.4) is 0 Å². The molecular formula is C25H28N2O6. The summed E-state index contributed by atoms with van der Waals surface area (Å²) in [6.45, 7) is 1.48. The van der Waals surface area contributed by atoms with Crippen molar-refractivity contribution in [3.05, 3.63) is 59.7 Å². The van der Waals surface area contributed by atoms with Crippen molar-refractivity contribution in [2.45, 2.75) is 50.3 Å². The number of nitrogens with one attached hydrogen (secondary N) is 2. The van der Waals surface area contributed by atoms with Gasteiger partial charge >= 0.3 is 12.1 Å². The summed E-state index contributed by atoms with van der Waals surface area (Å²) in [6.07, 6.45) is -0.00640. The number of aliphatic hydroxyl groups is 1. The van der Waals surface area contributed by atoms with Gasteiger partial charge in [-0.1, -0.05) is 55.0 Å². The third-order valence-electron chi connectivity index (χ3n) is 6.55. The van der Waals surface area contributed by atoms with E-state index in [1.54, 1.807) is 0 Å². The third-order valence-corrected chi connectivity index (χ3v) is 6.55. The van der Waals surface area contributed by atoms with Crippen LogP contribution in [-0.2, 0) is 14.3 Å². The molecule has 2 amide bonds. The number of carboxylic acid groups (broad SMARTS) is 1. The number of carbonyl (C=O) groups is 3. The van der Waals surface area contributed by atoms with Crippen molar-refractivity contribution in [3.63, 3.8) is 0 Å². The van der Waals surface area contributed by atoms with Crippen LogP contribution in [0.2, 0.25) is 0 Å². The Balaban J connectivity index is 1.37. The van der Waals surface area contributed by atoms with E-state index in [0.717, 1.165) is 28.7 Å². The summed E-state index contributed by atoms with van der Waals surface area (Å²) in [5.74, 6) is -2.44. The normalized spacial score (nSPS) is 20.9. The van der Waals surface area contributed by atoms with Crippen molar-refractivity contribution in [3.8, 4) is 11.1 Å². The maximum Gasteiger partial charge on any atom is 0.407 e. The number of amides is 2. The van der Waals surface area contributed by atoms with Crippen molar-refractivity contribution >= 4 is 18.0 Å². The van der Waals surface area contributed by atoms with Gasteiger partial charge in [0.25, 0.3) is 0 Å². The van der Waals surface area contributed by atoms with Crippen LogP contribution in [0, 0.1) is 5.92 Å². The van der Waals surface area contributed by atoms with E-state index in [1.165, 1.54) is 6.92 Å². The number of ether oxygens (including phenoxy) is 1. The van der Waals surface area contributed by atoms with Gasteiger partial charge in [0, 0.05) is 12.0 Å². The zero-order valence-corrected chi connectivity index (χ0v) is 18.4. The number of hydrogen-bond acceptors (Lipinski definition) is 5. The first-order valence-corrected chi connectivity index (χ1v) is 11.2. The predicted octanol–water partition coefficient (Wildman–Crippen LogP) is 2.64. The van der Waals surface area contributed by atoms with E-state index in [9.17, 15) is 24.6 Å². The lowest BCUT2D eigenvalue weighted by Crippen LogP contribution is -2.52. The van der Waals surface area contributed by atoms with E-state index in [4.69, 9.17) is 4.74 Å². The van der Waals surface area contributed by atoms with Gasteiger partial charge in [0.05, 0.1) is 12.0 Å². The molecule has 0 aromatic heterocycles. The highest BCUT2D eigenvalue weighted by atomic mass is 16.5. The molecule has 4 atom stereocenters. The predicted molar refractivity (Wildman–Crippen MR) is 121 cm³/mol. The molecule has 8 nitrogen and oxygen atoms in total. The average molecular weight is 453 g/mol. The van der Waals surface area contributed by atoms with Crippen molar-refractivity contribution < 1.29 is 29.3 Å². The summed E-state index contributed by atoms with van der Waals surface area (Å²) < 4.78 is 5.57. The summed E-state index contributed by atoms with van der Waals surface area (Å²) in [7, 11) is 0. The van der Waals surface area contributed by atoms with E-state index in [1.807, 2.05) is 36.4 Å². The van der Waals surface area contributed by atoms with Gasteiger partial charge in [-0.3, -0.25) is 4.79 Å². The van der Waals surface area contributed by atoms with E-state index in [2.05, 4.69) is 22.8 Å². The molecule has 4 unspecified atom stereocenters. The minimum absolute atomic E-state index is 0.0619. The van der Waals surface area contributed by atoms with Crippen LogP contribution < -0.4 is 10.6 Å². The number of alkyl carbamates (subject to hydrolysis) is 1. The van der Waals surface area contributed by atoms with Crippen LogP contribution >= 0.6 is 0 Å². The first-order chi connectivity index (χ1) is 15.9. The minimum Gasteiger partial charge on any atom is -0.480 e. The van der Waals surface area contributed by atoms with Crippen LogP contribution in [0.25, 0.3) is 11.1 Å². The largest absolute Gasteiger partial charge is 0.480 e. The number of rotatable bonds is 7. The fourth-order valence-electron chi connectivity index (χ4n) is 4.89. The number of carbonyl (C=O) groups excluding carboxylic acids is 2. The first kappa shape index (κ1) is 22.8. The molecule has 2 aliphatic carbocycles. The topological polar surface area (TPSA) is 125 Å². The summed E-state index contributed by atoms with van der Waals surface area (Å²) in [4.78, 5) is 36.5. The van der Waals surface area contributed by atoms with Gasteiger partial charge in [0.2, 0.25) is 5.91 Å². The quantitative estimate of drug-likeness (QED) is 0.512. The molecule has 2 aromatic rings. The molecule has 4 rings (SSSR count). The Labute approximate surface area is 192 Å². The Kier molecular flexibility index (Phi) is 6.65. The highest BCUT2D eigenvalue weighted by Crippen LogP contribution is 2.44. The number of aliphatic carboxylic acids is 1. The average Bonchev–Trinajstić information content (AvgIpc) is 3.38. The van der Waals surface area contributed by atoms with Gasteiger partial charge in [-0.05, 0) is 42.0 Å². The molecule has 1 fully saturated rings. The molecule has 0 bridgehead atoms. The molecule has 174 valence electrons. The Morgan fingerprint density at radius 2 is 1.64 bits per heavy atom. The SMILES string of the molecule is CC(O)C(NC(=O)C1CCCC1NC(=O)OCC1c2ccccc2-c2ccccc21)C(=O)O. The van der Waals surface area contributed by atoms with Crippen molar-refractivity contribution in [2.75, 3.05) is 6.61 Å². The smallest absolute Gasteiger partial charge is 0.407 e. The summed E-state index contributed by atoms with van der Waals surface area (Å²) >= 11 is 0. The maximum atomic E-state index is 12.6. The second-order valence-corrected chi connectivity index (χ2v) is 8.68. The fourth-order valence-corrected chi connectivity index (χ4v) is 4.89. The molecule has 33 heavy (non-hydrogen) atoms. The van der Waals surface area contributed by atoms with Gasteiger partial charge in [-0.15, -0.1) is 0 Å². The third kappa shape index (κ3) is 4.71. The van der Waals surface area contributed by atoms with Crippen molar-refractivity contribution in [1.29, 1.82) is 0 Å². The van der Waals surface area contributed by atoms with Crippen LogP contribution in [0.5, 0.6) is 0 Å². The summed E-state index contributed by atoms with van der Waals surface area (Å²) in [5.41, 5.74) is 4.51. The van der Waals surface area contributed by atoms with Crippen molar-refractivity contribution in [1.82, 2.24) is 10.6 Å². The molecule has 4 N–H and O–H groups in total. The van der Waals surface area contributed by atoms with Gasteiger partial charge in [-0.2, -0.15) is 0 Å². The monoisotopic (exact) mass is 452 g/mol. The van der Waals surface area contributed by atoms with E-state index in [-0.39, 0.29) is 12.5 Å². The molecular weight excluding hydrogens is 424 g/mol. The lowest BCUT2D eigenvalue weighted by atomic mass is 9.98. The number of benzene rings is 2. The zero-order valence-electron chi connectivity index (χ0n) is 18.4. The maximum absolute atomic E-state index is 12.6. The molecule has 0 radical (unpaired) electrons. The Morgan fingerprint density at radius 1 is 1.03 bits per heavy atom. The molecule has 1 saturated carbocycles. The van der Waals surface area contributed by atoms with Crippen LogP contribution in [-0.4, -0.2) is 53.0 Å². The van der Waals surface area contributed by atoms with Crippen LogP contribution in [0.15, 0.2) is 48.5 Å². The van der Waals surface area contributed by atoms with Crippen LogP contribution in [0.4, 0.5) is 4.79 Å². The molecule has 0 aliphatic heterocycles. The number of fused-ring (bicyclic) bond motifs is 3. The van der Waals surface area contributed by atoms with E-state index < -0.39 is 42.1 Å². The van der Waals surface area contributed by atoms with Gasteiger partial charge in [-0.25, -0.2) is 9.59 Å². The molecule has 0 spiro atoms. The Hall–Kier alpha value is -3.39. The zero-order chi connectivity index (χ0) is 23.5. The Morgan fingerprint density at radius 3 is 2.21 bits per heavy atom. The number of carboxylic acids is 1. The van der Waals surface area contributed by atoms with Crippen LogP contribution in [0.1, 0.15) is 43.2 Å². The lowest BCUT2D eigenvalue weighted by Gasteiger charge is -2.24. The molecule has 0 saturated heterocycles. The summed E-state index contributed by atoms with van der Waals surface area (Å²) in [6, 6.07) is 14.3. The molecule has 0 heterocycles. The number of aliphatic hydroxyl groups excluding tert-OH is 1. The van der Waals surface area contributed by atoms with Crippen molar-refractivity contribution in [2.24, 2.45) is 5.92 Å². The lowest BCUT2D eigenvalue weighted by molar-refractivity contribution is -0.145. The first-order valence-electron chi connectivity index (χ1n) is 11.2. The standard InChI is InChI=1S/C25H28N2O6/c1-14(28)22(24(30)31)27-23(29)19-11-6-12-21(19)26-25(32)33-13-20-17-9-4-2-7-15(17)16-8-3-5-10-18(16)20/h2-5,7-10,14,19-22,28H,6,11-13H2,1H3,(H,26,32)(H,27,29)(H,30,31). The van der Waals surface area contributed by atoms with Gasteiger partial charge < -0.3 is 25.6 Å². The summed E-state index contributed by atoms with van der Waals surface area (Å²) in [5, 5.41) is 24.0. The van der Waals surface area contributed by atoms with Gasteiger partial charge in [0.15, 0.2) is 6.04 Å². The fraction of sp³-hybridized carbons (Fsp3) is 0.400. The molecule has 8 heteroatoms. The minimum atomic E-state index is -1.40. The molecule has 2 aromatic carbocycles. The highest BCUT2D eigenvalue weighted by molar-refractivity contribution is 5.86. The highest BCUT2D eigenvalue weighted by Gasteiger charge is 2.37. The van der Waals surface area contributed by atoms with Gasteiger partial charge in [0.1, 0.15) is 6.61 Å². The Bertz CT molecular complexity index is 1010. The second kappa shape index (κ2) is 9.62. The van der Waals surface area contributed by atoms with E-state index in [0.29, 0.717) is 12.8 Å². The number of hydrogen-bond donors (Lipinski definition) is 4. The van der Waals surface area contributed by atoms with E-state index >= 15 is 0 Å².